The maximum atomic E-state index is 12.8. The van der Waals surface area contributed by atoms with E-state index in [2.05, 4.69) is 4.98 Å². The molecule has 0 spiro atoms. The molecule has 2 rings (SSSR count). The molecule has 5 nitrogen and oxygen atoms in total. The van der Waals surface area contributed by atoms with E-state index in [4.69, 9.17) is 4.74 Å². The van der Waals surface area contributed by atoms with Gasteiger partial charge in [0.05, 0.1) is 17.2 Å². The Kier molecular flexibility index (Phi) is 6.29. The van der Waals surface area contributed by atoms with Crippen molar-refractivity contribution in [2.24, 2.45) is 0 Å². The Morgan fingerprint density at radius 1 is 1.35 bits per heavy atom. The number of aryl methyl sites for hydroxylation is 1. The molecule has 2 aromatic heterocycles. The number of aromatic nitrogens is 1. The third kappa shape index (κ3) is 4.39. The lowest BCUT2D eigenvalue weighted by Crippen LogP contribution is -2.37. The fourth-order valence-corrected chi connectivity index (χ4v) is 3.96. The molecule has 0 unspecified atom stereocenters. The number of thiophene rings is 1. The normalized spacial score (nSPS) is 10.6. The fraction of sp³-hybridized carbons (Fsp3) is 0.438. The average Bonchev–Trinajstić information content (AvgIpc) is 3.15. The van der Waals surface area contributed by atoms with Crippen molar-refractivity contribution < 1.29 is 14.3 Å². The van der Waals surface area contributed by atoms with E-state index >= 15 is 0 Å². The molecular weight excluding hydrogens is 332 g/mol. The number of rotatable bonds is 7. The van der Waals surface area contributed by atoms with Crippen LogP contribution in [0.2, 0.25) is 0 Å². The van der Waals surface area contributed by atoms with E-state index < -0.39 is 0 Å². The number of ether oxygens (including phenoxy) is 1. The van der Waals surface area contributed by atoms with E-state index in [-0.39, 0.29) is 18.4 Å². The summed E-state index contributed by atoms with van der Waals surface area (Å²) < 4.78 is 4.96. The summed E-state index contributed by atoms with van der Waals surface area (Å²) in [5.41, 5.74) is 0.702. The van der Waals surface area contributed by atoms with Crippen molar-refractivity contribution in [2.75, 3.05) is 19.7 Å². The van der Waals surface area contributed by atoms with Crippen molar-refractivity contribution in [2.45, 2.75) is 27.2 Å². The van der Waals surface area contributed by atoms with Gasteiger partial charge in [-0.25, -0.2) is 4.98 Å². The highest BCUT2D eigenvalue weighted by Gasteiger charge is 2.23. The number of hydrogen-bond donors (Lipinski definition) is 0. The van der Waals surface area contributed by atoms with Gasteiger partial charge < -0.3 is 9.64 Å². The van der Waals surface area contributed by atoms with Crippen LogP contribution in [0.25, 0.3) is 9.88 Å². The standard InChI is InChI=1S/C16H20N2O3S2/c1-4-8-18(10-13(19)21-5-2)16(20)14-11(3)17-15(23-14)12-7-6-9-22-12/h6-7,9H,4-5,8,10H2,1-3H3. The number of carbonyl (C=O) groups excluding carboxylic acids is 2. The lowest BCUT2D eigenvalue weighted by molar-refractivity contribution is -0.143. The van der Waals surface area contributed by atoms with Crippen molar-refractivity contribution in [3.05, 3.63) is 28.1 Å². The predicted octanol–water partition coefficient (Wildman–Crippen LogP) is 3.60. The summed E-state index contributed by atoms with van der Waals surface area (Å²) in [6.45, 7) is 6.37. The van der Waals surface area contributed by atoms with Crippen LogP contribution in [-0.4, -0.2) is 41.5 Å². The summed E-state index contributed by atoms with van der Waals surface area (Å²) >= 11 is 2.97. The molecule has 0 atom stereocenters. The second-order valence-corrected chi connectivity index (χ2v) is 6.89. The number of nitrogens with zero attached hydrogens (tertiary/aromatic N) is 2. The third-order valence-electron chi connectivity index (χ3n) is 3.13. The predicted molar refractivity (Wildman–Crippen MR) is 93.0 cm³/mol. The molecule has 7 heteroatoms. The van der Waals surface area contributed by atoms with Gasteiger partial charge in [0.2, 0.25) is 0 Å². The van der Waals surface area contributed by atoms with E-state index in [0.717, 1.165) is 16.3 Å². The van der Waals surface area contributed by atoms with Gasteiger partial charge in [0, 0.05) is 6.54 Å². The van der Waals surface area contributed by atoms with Gasteiger partial charge in [-0.2, -0.15) is 0 Å². The molecule has 0 aliphatic rings. The molecule has 0 saturated heterocycles. The Labute approximate surface area is 143 Å². The largest absolute Gasteiger partial charge is 0.465 e. The van der Waals surface area contributed by atoms with Gasteiger partial charge in [-0.3, -0.25) is 9.59 Å². The van der Waals surface area contributed by atoms with Gasteiger partial charge in [-0.05, 0) is 31.7 Å². The number of hydrogen-bond acceptors (Lipinski definition) is 6. The van der Waals surface area contributed by atoms with Crippen LogP contribution in [0.1, 0.15) is 35.6 Å². The maximum absolute atomic E-state index is 12.8. The van der Waals surface area contributed by atoms with Gasteiger partial charge in [0.1, 0.15) is 16.4 Å². The van der Waals surface area contributed by atoms with Gasteiger partial charge in [-0.1, -0.05) is 13.0 Å². The smallest absolute Gasteiger partial charge is 0.325 e. The summed E-state index contributed by atoms with van der Waals surface area (Å²) in [5, 5.41) is 2.82. The summed E-state index contributed by atoms with van der Waals surface area (Å²) in [4.78, 5) is 32.2. The lowest BCUT2D eigenvalue weighted by Gasteiger charge is -2.20. The highest BCUT2D eigenvalue weighted by Crippen LogP contribution is 2.31. The fourth-order valence-electron chi connectivity index (χ4n) is 2.13. The van der Waals surface area contributed by atoms with Crippen LogP contribution in [0.4, 0.5) is 0 Å². The van der Waals surface area contributed by atoms with E-state index in [0.29, 0.717) is 23.7 Å². The number of amides is 1. The zero-order chi connectivity index (χ0) is 16.8. The topological polar surface area (TPSA) is 59.5 Å². The first-order valence-electron chi connectivity index (χ1n) is 7.53. The van der Waals surface area contributed by atoms with Crippen molar-refractivity contribution >= 4 is 34.6 Å². The zero-order valence-corrected chi connectivity index (χ0v) is 15.1. The van der Waals surface area contributed by atoms with Crippen LogP contribution in [0.3, 0.4) is 0 Å². The molecule has 0 bridgehead atoms. The van der Waals surface area contributed by atoms with Crippen LogP contribution in [-0.2, 0) is 9.53 Å². The van der Waals surface area contributed by atoms with Crippen LogP contribution >= 0.6 is 22.7 Å². The van der Waals surface area contributed by atoms with Crippen LogP contribution in [0.5, 0.6) is 0 Å². The summed E-state index contributed by atoms with van der Waals surface area (Å²) in [6.07, 6.45) is 0.779. The molecule has 2 heterocycles. The Morgan fingerprint density at radius 2 is 2.13 bits per heavy atom. The average molecular weight is 352 g/mol. The lowest BCUT2D eigenvalue weighted by atomic mass is 10.3. The molecule has 0 fully saturated rings. The monoisotopic (exact) mass is 352 g/mol. The first-order valence-corrected chi connectivity index (χ1v) is 9.22. The molecule has 0 aromatic carbocycles. The molecule has 0 aliphatic heterocycles. The molecule has 2 aromatic rings. The quantitative estimate of drug-likeness (QED) is 0.715. The highest BCUT2D eigenvalue weighted by molar-refractivity contribution is 7.22. The number of carbonyl (C=O) groups is 2. The molecule has 124 valence electrons. The number of thiazole rings is 1. The molecule has 0 radical (unpaired) electrons. The Morgan fingerprint density at radius 3 is 2.74 bits per heavy atom. The number of esters is 1. The third-order valence-corrected chi connectivity index (χ3v) is 5.31. The Bertz CT molecular complexity index is 665. The molecule has 0 saturated carbocycles. The second kappa shape index (κ2) is 8.21. The molecule has 1 amide bonds. The Hall–Kier alpha value is -1.73. The van der Waals surface area contributed by atoms with Crippen molar-refractivity contribution in [3.8, 4) is 9.88 Å². The van der Waals surface area contributed by atoms with E-state index in [1.54, 1.807) is 18.3 Å². The van der Waals surface area contributed by atoms with E-state index in [1.165, 1.54) is 16.2 Å². The van der Waals surface area contributed by atoms with E-state index in [9.17, 15) is 9.59 Å². The summed E-state index contributed by atoms with van der Waals surface area (Å²) in [5.74, 6) is -0.535. The van der Waals surface area contributed by atoms with Crippen molar-refractivity contribution in [3.63, 3.8) is 0 Å². The molecular formula is C16H20N2O3S2. The first kappa shape index (κ1) is 17.6. The molecule has 0 aliphatic carbocycles. The summed E-state index contributed by atoms with van der Waals surface area (Å²) in [7, 11) is 0. The van der Waals surface area contributed by atoms with Gasteiger partial charge in [0.15, 0.2) is 0 Å². The summed E-state index contributed by atoms with van der Waals surface area (Å²) in [6, 6.07) is 3.95. The second-order valence-electron chi connectivity index (χ2n) is 4.94. The van der Waals surface area contributed by atoms with Crippen molar-refractivity contribution in [1.82, 2.24) is 9.88 Å². The van der Waals surface area contributed by atoms with Crippen LogP contribution < -0.4 is 0 Å². The van der Waals surface area contributed by atoms with Gasteiger partial charge in [0.25, 0.3) is 5.91 Å². The maximum Gasteiger partial charge on any atom is 0.325 e. The minimum absolute atomic E-state index is 0.0216. The van der Waals surface area contributed by atoms with Crippen LogP contribution in [0, 0.1) is 6.92 Å². The Balaban J connectivity index is 2.20. The first-order chi connectivity index (χ1) is 11.1. The molecule has 23 heavy (non-hydrogen) atoms. The van der Waals surface area contributed by atoms with Gasteiger partial charge in [-0.15, -0.1) is 22.7 Å². The van der Waals surface area contributed by atoms with Crippen LogP contribution in [0.15, 0.2) is 17.5 Å². The highest BCUT2D eigenvalue weighted by atomic mass is 32.1. The SMILES string of the molecule is CCCN(CC(=O)OCC)C(=O)c1sc(-c2cccs2)nc1C. The minimum atomic E-state index is -0.380. The molecule has 0 N–H and O–H groups in total. The van der Waals surface area contributed by atoms with E-state index in [1.807, 2.05) is 31.4 Å². The zero-order valence-electron chi connectivity index (χ0n) is 13.5. The minimum Gasteiger partial charge on any atom is -0.465 e. The van der Waals surface area contributed by atoms with Gasteiger partial charge >= 0.3 is 5.97 Å². The van der Waals surface area contributed by atoms with Crippen molar-refractivity contribution in [1.29, 1.82) is 0 Å².